The lowest BCUT2D eigenvalue weighted by atomic mass is 9.94. The molecule has 1 aliphatic heterocycles. The Kier molecular flexibility index (Phi) is 6.69. The van der Waals surface area contributed by atoms with Crippen molar-refractivity contribution in [1.29, 1.82) is 5.26 Å². The molecule has 1 fully saturated rings. The van der Waals surface area contributed by atoms with Gasteiger partial charge in [0.05, 0.1) is 18.4 Å². The molecule has 0 aromatic carbocycles. The Bertz CT molecular complexity index is 300. The molecule has 102 valence electrons. The van der Waals surface area contributed by atoms with Gasteiger partial charge in [-0.2, -0.15) is 5.26 Å². The molecule has 0 spiro atoms. The van der Waals surface area contributed by atoms with E-state index < -0.39 is 0 Å². The number of nitrogens with zero attached hydrogens (tertiary/aromatic N) is 2. The molecule has 1 rings (SSSR count). The number of amides is 1. The van der Waals surface area contributed by atoms with E-state index in [1.807, 2.05) is 0 Å². The van der Waals surface area contributed by atoms with Crippen molar-refractivity contribution in [2.45, 2.75) is 38.6 Å². The number of carbonyl (C=O) groups is 1. The Morgan fingerprint density at radius 3 is 3.06 bits per heavy atom. The third kappa shape index (κ3) is 4.28. The van der Waals surface area contributed by atoms with Gasteiger partial charge in [0, 0.05) is 25.7 Å². The van der Waals surface area contributed by atoms with Crippen molar-refractivity contribution in [3.63, 3.8) is 0 Å². The van der Waals surface area contributed by atoms with E-state index in [9.17, 15) is 4.79 Å². The lowest BCUT2D eigenvalue weighted by Gasteiger charge is -2.36. The molecule has 18 heavy (non-hydrogen) atoms. The van der Waals surface area contributed by atoms with E-state index in [1.165, 1.54) is 0 Å². The molecule has 0 aliphatic carbocycles. The van der Waals surface area contributed by atoms with Gasteiger partial charge in [0.1, 0.15) is 0 Å². The summed E-state index contributed by atoms with van der Waals surface area (Å²) in [5, 5.41) is 11.7. The molecule has 1 heterocycles. The van der Waals surface area contributed by atoms with Crippen molar-refractivity contribution >= 4 is 5.91 Å². The summed E-state index contributed by atoms with van der Waals surface area (Å²) in [6, 6.07) is 2.53. The van der Waals surface area contributed by atoms with E-state index in [0.717, 1.165) is 32.4 Å². The molecule has 2 unspecified atom stereocenters. The largest absolute Gasteiger partial charge is 0.355 e. The number of piperidine rings is 1. The van der Waals surface area contributed by atoms with Crippen LogP contribution in [0.2, 0.25) is 0 Å². The first-order valence-corrected chi connectivity index (χ1v) is 6.81. The second kappa shape index (κ2) is 8.06. The van der Waals surface area contributed by atoms with Crippen LogP contribution < -0.4 is 11.1 Å². The second-order valence-corrected chi connectivity index (χ2v) is 4.84. The van der Waals surface area contributed by atoms with Gasteiger partial charge < -0.3 is 11.1 Å². The van der Waals surface area contributed by atoms with Crippen molar-refractivity contribution in [1.82, 2.24) is 10.2 Å². The minimum Gasteiger partial charge on any atom is -0.355 e. The molecular formula is C13H24N4O. The van der Waals surface area contributed by atoms with Crippen LogP contribution in [0.25, 0.3) is 0 Å². The topological polar surface area (TPSA) is 82.2 Å². The van der Waals surface area contributed by atoms with Crippen LogP contribution in [0.15, 0.2) is 0 Å². The van der Waals surface area contributed by atoms with Crippen molar-refractivity contribution in [2.24, 2.45) is 11.7 Å². The van der Waals surface area contributed by atoms with E-state index in [0.29, 0.717) is 25.6 Å². The summed E-state index contributed by atoms with van der Waals surface area (Å²) in [5.41, 5.74) is 5.38. The van der Waals surface area contributed by atoms with Crippen LogP contribution >= 0.6 is 0 Å². The number of carbonyl (C=O) groups excluding carboxylic acids is 1. The summed E-state index contributed by atoms with van der Waals surface area (Å²) < 4.78 is 0. The van der Waals surface area contributed by atoms with Gasteiger partial charge >= 0.3 is 0 Å². The first-order chi connectivity index (χ1) is 8.72. The third-order valence-electron chi connectivity index (χ3n) is 3.58. The molecular weight excluding hydrogens is 228 g/mol. The van der Waals surface area contributed by atoms with Gasteiger partial charge in [-0.1, -0.05) is 6.92 Å². The highest BCUT2D eigenvalue weighted by Gasteiger charge is 2.28. The van der Waals surface area contributed by atoms with Crippen LogP contribution in [0, 0.1) is 17.2 Å². The Hall–Kier alpha value is -1.12. The summed E-state index contributed by atoms with van der Waals surface area (Å²) in [6.07, 6.45) is 3.48. The third-order valence-corrected chi connectivity index (χ3v) is 3.58. The summed E-state index contributed by atoms with van der Waals surface area (Å²) in [5.74, 6) is 0.162. The van der Waals surface area contributed by atoms with Crippen LogP contribution in [0.4, 0.5) is 0 Å². The number of nitriles is 1. The van der Waals surface area contributed by atoms with Crippen LogP contribution in [0.5, 0.6) is 0 Å². The normalized spacial score (nSPS) is 22.2. The zero-order valence-electron chi connectivity index (χ0n) is 11.2. The van der Waals surface area contributed by atoms with Crippen LogP contribution in [-0.2, 0) is 4.79 Å². The minimum absolute atomic E-state index is 0.0537. The van der Waals surface area contributed by atoms with Crippen LogP contribution in [0.3, 0.4) is 0 Å². The highest BCUT2D eigenvalue weighted by atomic mass is 16.1. The fraction of sp³-hybridized carbons (Fsp3) is 0.846. The maximum absolute atomic E-state index is 11.9. The molecule has 5 nitrogen and oxygen atoms in total. The highest BCUT2D eigenvalue weighted by molar-refractivity contribution is 5.78. The van der Waals surface area contributed by atoms with E-state index in [2.05, 4.69) is 23.2 Å². The number of nitrogens with two attached hydrogens (primary N) is 1. The first kappa shape index (κ1) is 14.9. The smallest absolute Gasteiger partial charge is 0.224 e. The van der Waals surface area contributed by atoms with Crippen LogP contribution in [-0.4, -0.2) is 43.0 Å². The van der Waals surface area contributed by atoms with Gasteiger partial charge in [0.25, 0.3) is 0 Å². The van der Waals surface area contributed by atoms with Gasteiger partial charge in [-0.15, -0.1) is 0 Å². The molecule has 1 aliphatic rings. The van der Waals surface area contributed by atoms with Crippen molar-refractivity contribution in [3.8, 4) is 6.07 Å². The zero-order chi connectivity index (χ0) is 13.4. The van der Waals surface area contributed by atoms with Gasteiger partial charge in [0.2, 0.25) is 5.91 Å². The Morgan fingerprint density at radius 1 is 1.67 bits per heavy atom. The van der Waals surface area contributed by atoms with Crippen LogP contribution in [0.1, 0.15) is 32.6 Å². The number of hydrogen-bond acceptors (Lipinski definition) is 4. The molecule has 0 bridgehead atoms. The quantitative estimate of drug-likeness (QED) is 0.719. The second-order valence-electron chi connectivity index (χ2n) is 4.84. The van der Waals surface area contributed by atoms with E-state index >= 15 is 0 Å². The molecule has 0 aromatic heterocycles. The predicted octanol–water partition coefficient (Wildman–Crippen LogP) is 0.466. The standard InChI is InChI=1S/C13H24N4O/c1-2-12(5-6-14)17-9-3-4-11(10-17)13(18)16-8-7-15/h11-12H,2-5,7-10,15H2,1H3,(H,16,18). The molecule has 5 heteroatoms. The Labute approximate surface area is 109 Å². The average molecular weight is 252 g/mol. The zero-order valence-corrected chi connectivity index (χ0v) is 11.2. The van der Waals surface area contributed by atoms with E-state index in [4.69, 9.17) is 11.0 Å². The van der Waals surface area contributed by atoms with Crippen molar-refractivity contribution in [2.75, 3.05) is 26.2 Å². The molecule has 1 saturated heterocycles. The molecule has 3 N–H and O–H groups in total. The number of rotatable bonds is 6. The molecule has 0 radical (unpaired) electrons. The highest BCUT2D eigenvalue weighted by Crippen LogP contribution is 2.21. The number of hydrogen-bond donors (Lipinski definition) is 2. The molecule has 1 amide bonds. The van der Waals surface area contributed by atoms with Crippen molar-refractivity contribution < 1.29 is 4.79 Å². The fourth-order valence-corrected chi connectivity index (χ4v) is 2.53. The van der Waals surface area contributed by atoms with Gasteiger partial charge in [-0.3, -0.25) is 9.69 Å². The van der Waals surface area contributed by atoms with Gasteiger partial charge in [-0.25, -0.2) is 0 Å². The summed E-state index contributed by atoms with van der Waals surface area (Å²) in [7, 11) is 0. The van der Waals surface area contributed by atoms with Gasteiger partial charge in [0.15, 0.2) is 0 Å². The summed E-state index contributed by atoms with van der Waals surface area (Å²) >= 11 is 0. The van der Waals surface area contributed by atoms with Crippen molar-refractivity contribution in [3.05, 3.63) is 0 Å². The predicted molar refractivity (Wildman–Crippen MR) is 70.7 cm³/mol. The van der Waals surface area contributed by atoms with E-state index in [-0.39, 0.29) is 11.8 Å². The summed E-state index contributed by atoms with van der Waals surface area (Å²) in [6.45, 7) is 4.90. The molecule has 0 aromatic rings. The Morgan fingerprint density at radius 2 is 2.44 bits per heavy atom. The summed E-state index contributed by atoms with van der Waals surface area (Å²) in [4.78, 5) is 14.2. The fourth-order valence-electron chi connectivity index (χ4n) is 2.53. The SMILES string of the molecule is CCC(CC#N)N1CCCC(C(=O)NCCN)C1. The van der Waals surface area contributed by atoms with E-state index in [1.54, 1.807) is 0 Å². The maximum Gasteiger partial charge on any atom is 0.224 e. The first-order valence-electron chi connectivity index (χ1n) is 6.81. The lowest BCUT2D eigenvalue weighted by molar-refractivity contribution is -0.126. The van der Waals surface area contributed by atoms with Gasteiger partial charge in [-0.05, 0) is 25.8 Å². The monoisotopic (exact) mass is 252 g/mol. The number of nitrogens with one attached hydrogen (secondary N) is 1. The number of likely N-dealkylation sites (tertiary alicyclic amines) is 1. The minimum atomic E-state index is 0.0537. The lowest BCUT2D eigenvalue weighted by Crippen LogP contribution is -2.47. The Balaban J connectivity index is 2.49. The molecule has 2 atom stereocenters. The average Bonchev–Trinajstić information content (AvgIpc) is 2.42. The maximum atomic E-state index is 11.9. The molecule has 0 saturated carbocycles.